The van der Waals surface area contributed by atoms with Crippen molar-refractivity contribution in [2.45, 2.75) is 68.2 Å². The summed E-state index contributed by atoms with van der Waals surface area (Å²) in [6, 6.07) is 21.5. The number of amides is 3. The zero-order valence-corrected chi connectivity index (χ0v) is 36.1. The fourth-order valence-electron chi connectivity index (χ4n) is 6.94. The number of ether oxygens (including phenoxy) is 6. The molecule has 338 valence electrons. The van der Waals surface area contributed by atoms with Crippen LogP contribution in [-0.2, 0) is 56.3 Å². The van der Waals surface area contributed by atoms with Gasteiger partial charge in [-0.2, -0.15) is 4.31 Å². The molecule has 3 amide bonds. The van der Waals surface area contributed by atoms with Crippen LogP contribution in [0.3, 0.4) is 0 Å². The fourth-order valence-corrected chi connectivity index (χ4v) is 8.61. The standard InChI is InChI=1S/C44H59N5O12S/c1-56-42(51)39(30-34-16-18-37(19-17-34)61-44(53)48-22-8-9-23-48)47-41(50)40-31-36(32-49(40)62(54,55)38-14-6-3-7-15-38)45-20-10-24-57-26-28-59-29-27-58-25-11-21-46-43(52)60-33-35-12-4-2-5-13-35/h2-7,12-19,36,39-40,45H,8-11,20-33H2,1H3,(H,46,52)(H,47,50)/t36-,39-,40+/m1/s1. The molecular formula is C44H59N5O12S. The van der Waals surface area contributed by atoms with Gasteiger partial charge in [-0.05, 0) is 74.0 Å². The molecule has 0 spiro atoms. The molecule has 3 aromatic rings. The topological polar surface area (TPSA) is 200 Å². The predicted octanol–water partition coefficient (Wildman–Crippen LogP) is 3.66. The Labute approximate surface area is 363 Å². The molecule has 3 atom stereocenters. The Balaban J connectivity index is 0.995. The third-order valence-electron chi connectivity index (χ3n) is 10.2. The fraction of sp³-hybridized carbons (Fsp3) is 0.500. The maximum atomic E-state index is 13.9. The molecule has 2 aliphatic rings. The highest BCUT2D eigenvalue weighted by Gasteiger charge is 2.44. The molecule has 5 rings (SSSR count). The second kappa shape index (κ2) is 25.7. The number of hydrogen-bond acceptors (Lipinski definition) is 13. The third-order valence-corrected chi connectivity index (χ3v) is 12.1. The molecule has 0 radical (unpaired) electrons. The Hall–Kier alpha value is -5.11. The number of sulfonamides is 1. The molecule has 3 N–H and O–H groups in total. The monoisotopic (exact) mass is 881 g/mol. The summed E-state index contributed by atoms with van der Waals surface area (Å²) in [5.41, 5.74) is 1.59. The van der Waals surface area contributed by atoms with Crippen LogP contribution in [0.5, 0.6) is 5.75 Å². The summed E-state index contributed by atoms with van der Waals surface area (Å²) in [7, 11) is -2.86. The van der Waals surface area contributed by atoms with E-state index in [9.17, 15) is 27.6 Å². The van der Waals surface area contributed by atoms with Crippen molar-refractivity contribution in [1.29, 1.82) is 0 Å². The van der Waals surface area contributed by atoms with Crippen LogP contribution in [0.25, 0.3) is 0 Å². The lowest BCUT2D eigenvalue weighted by molar-refractivity contribution is -0.145. The van der Waals surface area contributed by atoms with Crippen molar-refractivity contribution in [1.82, 2.24) is 25.2 Å². The molecule has 62 heavy (non-hydrogen) atoms. The summed E-state index contributed by atoms with van der Waals surface area (Å²) in [6.07, 6.45) is 2.51. The maximum Gasteiger partial charge on any atom is 0.415 e. The van der Waals surface area contributed by atoms with Crippen molar-refractivity contribution in [3.05, 3.63) is 96.1 Å². The minimum absolute atomic E-state index is 0.0460. The maximum absolute atomic E-state index is 13.9. The summed E-state index contributed by atoms with van der Waals surface area (Å²) >= 11 is 0. The smallest absolute Gasteiger partial charge is 0.415 e. The Bertz CT molecular complexity index is 1940. The van der Waals surface area contributed by atoms with Gasteiger partial charge in [0.05, 0.1) is 38.4 Å². The van der Waals surface area contributed by atoms with Crippen molar-refractivity contribution >= 4 is 34.1 Å². The van der Waals surface area contributed by atoms with E-state index in [0.717, 1.165) is 18.4 Å². The molecule has 0 aliphatic carbocycles. The van der Waals surface area contributed by atoms with E-state index in [1.165, 1.54) is 23.5 Å². The highest BCUT2D eigenvalue weighted by molar-refractivity contribution is 7.89. The summed E-state index contributed by atoms with van der Waals surface area (Å²) in [5.74, 6) is -0.956. The van der Waals surface area contributed by atoms with Crippen molar-refractivity contribution in [2.24, 2.45) is 0 Å². The highest BCUT2D eigenvalue weighted by Crippen LogP contribution is 2.27. The second-order valence-electron chi connectivity index (χ2n) is 14.8. The SMILES string of the molecule is COC(=O)[C@@H](Cc1ccc(OC(=O)N2CCCC2)cc1)NC(=O)[C@@H]1C[C@@H](NCCCOCCOCCOCCCNC(=O)OCc2ccccc2)CN1S(=O)(=O)c1ccccc1. The summed E-state index contributed by atoms with van der Waals surface area (Å²) < 4.78 is 61.4. The Kier molecular flexibility index (Phi) is 19.9. The van der Waals surface area contributed by atoms with Crippen molar-refractivity contribution in [3.63, 3.8) is 0 Å². The lowest BCUT2D eigenvalue weighted by Crippen LogP contribution is -2.51. The quantitative estimate of drug-likeness (QED) is 0.0824. The van der Waals surface area contributed by atoms with Gasteiger partial charge in [-0.3, -0.25) is 4.79 Å². The number of nitrogens with zero attached hydrogens (tertiary/aromatic N) is 2. The number of carbonyl (C=O) groups excluding carboxylic acids is 4. The van der Waals surface area contributed by atoms with Crippen molar-refractivity contribution in [2.75, 3.05) is 79.5 Å². The molecule has 0 aromatic heterocycles. The van der Waals surface area contributed by atoms with Gasteiger partial charge in [0.1, 0.15) is 24.4 Å². The normalized spacial score (nSPS) is 17.0. The van der Waals surface area contributed by atoms with Gasteiger partial charge in [0.25, 0.3) is 0 Å². The van der Waals surface area contributed by atoms with E-state index in [2.05, 4.69) is 16.0 Å². The molecule has 0 saturated carbocycles. The number of benzene rings is 3. The molecule has 2 heterocycles. The van der Waals surface area contributed by atoms with E-state index in [1.54, 1.807) is 47.4 Å². The van der Waals surface area contributed by atoms with Gasteiger partial charge in [-0.15, -0.1) is 0 Å². The summed E-state index contributed by atoms with van der Waals surface area (Å²) in [5, 5.41) is 8.82. The molecular weight excluding hydrogens is 823 g/mol. The lowest BCUT2D eigenvalue weighted by atomic mass is 10.0. The minimum Gasteiger partial charge on any atom is -0.467 e. The number of likely N-dealkylation sites (tertiary alicyclic amines) is 1. The first kappa shape index (κ1) is 47.9. The van der Waals surface area contributed by atoms with Crippen LogP contribution < -0.4 is 20.7 Å². The molecule has 2 fully saturated rings. The van der Waals surface area contributed by atoms with Gasteiger partial charge in [-0.1, -0.05) is 60.7 Å². The van der Waals surface area contributed by atoms with Gasteiger partial charge < -0.3 is 49.3 Å². The van der Waals surface area contributed by atoms with E-state index in [4.69, 9.17) is 28.4 Å². The second-order valence-corrected chi connectivity index (χ2v) is 16.7. The third kappa shape index (κ3) is 15.7. The predicted molar refractivity (Wildman–Crippen MR) is 228 cm³/mol. The van der Waals surface area contributed by atoms with Crippen LogP contribution >= 0.6 is 0 Å². The van der Waals surface area contributed by atoms with Crippen molar-refractivity contribution in [3.8, 4) is 5.75 Å². The van der Waals surface area contributed by atoms with Gasteiger partial charge in [0.15, 0.2) is 0 Å². The lowest BCUT2D eigenvalue weighted by Gasteiger charge is -2.25. The van der Waals surface area contributed by atoms with Crippen LogP contribution in [-0.4, -0.2) is 139 Å². The number of alkyl carbamates (subject to hydrolysis) is 1. The molecule has 3 aromatic carbocycles. The van der Waals surface area contributed by atoms with Crippen LogP contribution in [0, 0.1) is 0 Å². The minimum atomic E-state index is -4.07. The first-order valence-electron chi connectivity index (χ1n) is 21.1. The van der Waals surface area contributed by atoms with E-state index >= 15 is 0 Å². The largest absolute Gasteiger partial charge is 0.467 e. The molecule has 17 nitrogen and oxygen atoms in total. The van der Waals surface area contributed by atoms with Gasteiger partial charge in [-0.25, -0.2) is 22.8 Å². The zero-order valence-electron chi connectivity index (χ0n) is 35.2. The van der Waals surface area contributed by atoms with E-state index < -0.39 is 46.2 Å². The molecule has 18 heteroatoms. The van der Waals surface area contributed by atoms with Crippen LogP contribution in [0.15, 0.2) is 89.8 Å². The highest BCUT2D eigenvalue weighted by atomic mass is 32.2. The van der Waals surface area contributed by atoms with Crippen LogP contribution in [0.2, 0.25) is 0 Å². The molecule has 0 unspecified atom stereocenters. The number of hydrogen-bond donors (Lipinski definition) is 3. The Morgan fingerprint density at radius 3 is 2.02 bits per heavy atom. The van der Waals surface area contributed by atoms with E-state index in [1.807, 2.05) is 30.3 Å². The van der Waals surface area contributed by atoms with Crippen LogP contribution in [0.1, 0.15) is 43.2 Å². The number of carbonyl (C=O) groups is 4. The Morgan fingerprint density at radius 2 is 1.37 bits per heavy atom. The van der Waals surface area contributed by atoms with Gasteiger partial charge >= 0.3 is 18.2 Å². The average Bonchev–Trinajstić information content (AvgIpc) is 4.00. The molecule has 0 bridgehead atoms. The first-order valence-corrected chi connectivity index (χ1v) is 22.5. The van der Waals surface area contributed by atoms with E-state index in [-0.39, 0.29) is 36.9 Å². The van der Waals surface area contributed by atoms with Gasteiger partial charge in [0, 0.05) is 51.9 Å². The Morgan fingerprint density at radius 1 is 0.758 bits per heavy atom. The number of rotatable bonds is 25. The number of nitrogens with one attached hydrogen (secondary N) is 3. The van der Waals surface area contributed by atoms with Crippen LogP contribution in [0.4, 0.5) is 9.59 Å². The molecule has 2 saturated heterocycles. The number of methoxy groups -OCH3 is 1. The summed E-state index contributed by atoms with van der Waals surface area (Å²) in [4.78, 5) is 52.7. The number of esters is 1. The molecule has 2 aliphatic heterocycles. The van der Waals surface area contributed by atoms with E-state index in [0.29, 0.717) is 90.0 Å². The first-order chi connectivity index (χ1) is 30.1. The summed E-state index contributed by atoms with van der Waals surface area (Å²) in [6.45, 7) is 5.05. The van der Waals surface area contributed by atoms with Gasteiger partial charge in [0.2, 0.25) is 15.9 Å². The average molecular weight is 882 g/mol. The van der Waals surface area contributed by atoms with Crippen molar-refractivity contribution < 1.29 is 56.0 Å². The zero-order chi connectivity index (χ0) is 44.0.